The molecule has 1 aliphatic carbocycles. The van der Waals surface area contributed by atoms with Crippen molar-refractivity contribution < 1.29 is 9.59 Å². The molecule has 1 aromatic rings. The number of hydrogen-bond acceptors (Lipinski definition) is 3. The fourth-order valence-electron chi connectivity index (χ4n) is 3.50. The molecule has 4 nitrogen and oxygen atoms in total. The van der Waals surface area contributed by atoms with E-state index in [-0.39, 0.29) is 17.7 Å². The van der Waals surface area contributed by atoms with E-state index in [0.29, 0.717) is 12.6 Å². The molecule has 1 aliphatic heterocycles. The maximum Gasteiger partial charge on any atom is 0.263 e. The fraction of sp³-hybridized carbons (Fsp3) is 0.647. The van der Waals surface area contributed by atoms with Gasteiger partial charge in [-0.05, 0) is 37.1 Å². The Kier molecular flexibility index (Phi) is 5.13. The minimum Gasteiger partial charge on any atom is -0.353 e. The lowest BCUT2D eigenvalue weighted by atomic mass is 9.93. The summed E-state index contributed by atoms with van der Waals surface area (Å²) in [7, 11) is 0. The van der Waals surface area contributed by atoms with Gasteiger partial charge in [-0.2, -0.15) is 0 Å². The summed E-state index contributed by atoms with van der Waals surface area (Å²) in [5.41, 5.74) is 0. The zero-order chi connectivity index (χ0) is 15.4. The zero-order valence-corrected chi connectivity index (χ0v) is 13.7. The first-order valence-electron chi connectivity index (χ1n) is 8.37. The average Bonchev–Trinajstić information content (AvgIpc) is 3.09. The van der Waals surface area contributed by atoms with Gasteiger partial charge in [0, 0.05) is 19.1 Å². The zero-order valence-electron chi connectivity index (χ0n) is 12.9. The molecule has 1 atom stereocenters. The molecule has 1 saturated carbocycles. The Labute approximate surface area is 135 Å². The molecule has 22 heavy (non-hydrogen) atoms. The summed E-state index contributed by atoms with van der Waals surface area (Å²) in [6, 6.07) is 4.11. The molecule has 0 spiro atoms. The molecule has 0 aromatic carbocycles. The van der Waals surface area contributed by atoms with Crippen LogP contribution in [0.2, 0.25) is 0 Å². The van der Waals surface area contributed by atoms with Gasteiger partial charge in [0.15, 0.2) is 0 Å². The standard InChI is InChI=1S/C17H24N2O2S/c20-16(18-14-7-2-1-3-8-14)13-6-4-10-19(12-13)17(21)15-9-5-11-22-15/h5,9,11,13-14H,1-4,6-8,10,12H2,(H,18,20). The van der Waals surface area contributed by atoms with Gasteiger partial charge in [0.05, 0.1) is 10.8 Å². The monoisotopic (exact) mass is 320 g/mol. The van der Waals surface area contributed by atoms with Crippen molar-refractivity contribution in [1.82, 2.24) is 10.2 Å². The van der Waals surface area contributed by atoms with Crippen molar-refractivity contribution in [2.45, 2.75) is 51.0 Å². The largest absolute Gasteiger partial charge is 0.353 e. The first-order chi connectivity index (χ1) is 10.7. The number of amides is 2. The SMILES string of the molecule is O=C(NC1CCCCC1)C1CCCN(C(=O)c2cccs2)C1. The van der Waals surface area contributed by atoms with E-state index < -0.39 is 0 Å². The molecule has 5 heteroatoms. The van der Waals surface area contributed by atoms with Crippen molar-refractivity contribution >= 4 is 23.2 Å². The highest BCUT2D eigenvalue weighted by Gasteiger charge is 2.30. The molecule has 2 amide bonds. The van der Waals surface area contributed by atoms with Crippen LogP contribution in [0, 0.1) is 5.92 Å². The Balaban J connectivity index is 1.55. The summed E-state index contributed by atoms with van der Waals surface area (Å²) >= 11 is 1.47. The molecule has 0 bridgehead atoms. The van der Waals surface area contributed by atoms with Crippen molar-refractivity contribution in [3.05, 3.63) is 22.4 Å². The summed E-state index contributed by atoms with van der Waals surface area (Å²) in [5.74, 6) is 0.181. The smallest absolute Gasteiger partial charge is 0.263 e. The van der Waals surface area contributed by atoms with E-state index in [9.17, 15) is 9.59 Å². The van der Waals surface area contributed by atoms with Crippen molar-refractivity contribution in [3.8, 4) is 0 Å². The number of likely N-dealkylation sites (tertiary alicyclic amines) is 1. The second-order valence-corrected chi connectivity index (χ2v) is 7.36. The third-order valence-corrected chi connectivity index (χ3v) is 5.62. The number of thiophene rings is 1. The quantitative estimate of drug-likeness (QED) is 0.930. The van der Waals surface area contributed by atoms with Gasteiger partial charge in [-0.3, -0.25) is 9.59 Å². The summed E-state index contributed by atoms with van der Waals surface area (Å²) in [4.78, 5) is 27.5. The Bertz CT molecular complexity index is 509. The third kappa shape index (κ3) is 3.69. The van der Waals surface area contributed by atoms with Crippen LogP contribution in [0.5, 0.6) is 0 Å². The molecule has 2 fully saturated rings. The Morgan fingerprint density at radius 3 is 2.68 bits per heavy atom. The van der Waals surface area contributed by atoms with Crippen LogP contribution in [-0.4, -0.2) is 35.8 Å². The number of nitrogens with one attached hydrogen (secondary N) is 1. The van der Waals surface area contributed by atoms with Crippen LogP contribution in [0.3, 0.4) is 0 Å². The Hall–Kier alpha value is -1.36. The van der Waals surface area contributed by atoms with Gasteiger partial charge in [0.25, 0.3) is 5.91 Å². The van der Waals surface area contributed by atoms with Crippen LogP contribution < -0.4 is 5.32 Å². The van der Waals surface area contributed by atoms with E-state index in [2.05, 4.69) is 5.32 Å². The van der Waals surface area contributed by atoms with Crippen LogP contribution >= 0.6 is 11.3 Å². The van der Waals surface area contributed by atoms with Crippen molar-refractivity contribution in [3.63, 3.8) is 0 Å². The van der Waals surface area contributed by atoms with Crippen LogP contribution in [-0.2, 0) is 4.79 Å². The highest BCUT2D eigenvalue weighted by Crippen LogP contribution is 2.22. The number of carbonyl (C=O) groups excluding carboxylic acids is 2. The first-order valence-corrected chi connectivity index (χ1v) is 9.25. The van der Waals surface area contributed by atoms with Crippen molar-refractivity contribution in [1.29, 1.82) is 0 Å². The molecule has 3 rings (SSSR count). The molecular weight excluding hydrogens is 296 g/mol. The lowest BCUT2D eigenvalue weighted by molar-refractivity contribution is -0.127. The maximum atomic E-state index is 12.5. The van der Waals surface area contributed by atoms with Gasteiger partial charge in [-0.25, -0.2) is 0 Å². The summed E-state index contributed by atoms with van der Waals surface area (Å²) in [5, 5.41) is 5.13. The molecule has 1 aromatic heterocycles. The highest BCUT2D eigenvalue weighted by atomic mass is 32.1. The summed E-state index contributed by atoms with van der Waals surface area (Å²) in [6.07, 6.45) is 7.76. The van der Waals surface area contributed by atoms with Crippen molar-refractivity contribution in [2.24, 2.45) is 5.92 Å². The number of nitrogens with zero attached hydrogens (tertiary/aromatic N) is 1. The normalized spacial score (nSPS) is 23.3. The molecular formula is C17H24N2O2S. The van der Waals surface area contributed by atoms with Crippen LogP contribution in [0.25, 0.3) is 0 Å². The van der Waals surface area contributed by atoms with Gasteiger partial charge in [0.1, 0.15) is 0 Å². The van der Waals surface area contributed by atoms with E-state index >= 15 is 0 Å². The lowest BCUT2D eigenvalue weighted by Gasteiger charge is -2.33. The van der Waals surface area contributed by atoms with E-state index in [1.807, 2.05) is 22.4 Å². The highest BCUT2D eigenvalue weighted by molar-refractivity contribution is 7.12. The second kappa shape index (κ2) is 7.27. The van der Waals surface area contributed by atoms with Gasteiger partial charge >= 0.3 is 0 Å². The average molecular weight is 320 g/mol. The number of carbonyl (C=O) groups is 2. The minimum absolute atomic E-state index is 0.0420. The van der Waals surface area contributed by atoms with Gasteiger partial charge in [-0.1, -0.05) is 25.3 Å². The minimum atomic E-state index is -0.0420. The second-order valence-electron chi connectivity index (χ2n) is 6.41. The number of rotatable bonds is 3. The maximum absolute atomic E-state index is 12.5. The first kappa shape index (κ1) is 15.5. The summed E-state index contributed by atoms with van der Waals surface area (Å²) < 4.78 is 0. The van der Waals surface area contributed by atoms with E-state index in [1.165, 1.54) is 30.6 Å². The Morgan fingerprint density at radius 2 is 1.95 bits per heavy atom. The molecule has 120 valence electrons. The summed E-state index contributed by atoms with van der Waals surface area (Å²) in [6.45, 7) is 1.33. The van der Waals surface area contributed by atoms with E-state index in [0.717, 1.165) is 37.1 Å². The van der Waals surface area contributed by atoms with Gasteiger partial charge < -0.3 is 10.2 Å². The van der Waals surface area contributed by atoms with Gasteiger partial charge in [0.2, 0.25) is 5.91 Å². The van der Waals surface area contributed by atoms with Crippen molar-refractivity contribution in [2.75, 3.05) is 13.1 Å². The fourth-order valence-corrected chi connectivity index (χ4v) is 4.19. The Morgan fingerprint density at radius 1 is 1.14 bits per heavy atom. The molecule has 1 saturated heterocycles. The van der Waals surface area contributed by atoms with Crippen LogP contribution in [0.15, 0.2) is 17.5 Å². The van der Waals surface area contributed by atoms with Crippen LogP contribution in [0.1, 0.15) is 54.6 Å². The molecule has 2 heterocycles. The molecule has 1 unspecified atom stereocenters. The van der Waals surface area contributed by atoms with Gasteiger partial charge in [-0.15, -0.1) is 11.3 Å². The topological polar surface area (TPSA) is 49.4 Å². The molecule has 2 aliphatic rings. The predicted octanol–water partition coefficient (Wildman–Crippen LogP) is 3.05. The lowest BCUT2D eigenvalue weighted by Crippen LogP contribution is -2.47. The number of hydrogen-bond donors (Lipinski definition) is 1. The third-order valence-electron chi connectivity index (χ3n) is 4.76. The predicted molar refractivity (Wildman–Crippen MR) is 88.0 cm³/mol. The van der Waals surface area contributed by atoms with E-state index in [1.54, 1.807) is 0 Å². The molecule has 1 N–H and O–H groups in total. The van der Waals surface area contributed by atoms with Crippen LogP contribution in [0.4, 0.5) is 0 Å². The molecule has 0 radical (unpaired) electrons. The van der Waals surface area contributed by atoms with E-state index in [4.69, 9.17) is 0 Å². The number of piperidine rings is 1.